The molecule has 2 amide bonds. The van der Waals surface area contributed by atoms with Crippen molar-refractivity contribution in [3.63, 3.8) is 0 Å². The molecule has 0 aromatic heterocycles. The van der Waals surface area contributed by atoms with Crippen molar-refractivity contribution in [2.75, 3.05) is 11.4 Å². The first-order chi connectivity index (χ1) is 7.58. The zero-order valence-corrected chi connectivity index (χ0v) is 9.03. The Morgan fingerprint density at radius 3 is 3.00 bits per heavy atom. The number of hydrogen-bond donors (Lipinski definition) is 1. The molecule has 0 spiro atoms. The summed E-state index contributed by atoms with van der Waals surface area (Å²) >= 11 is 5.82. The highest BCUT2D eigenvalue weighted by Gasteiger charge is 2.26. The number of fused-ring (bicyclic) bond motifs is 1. The van der Waals surface area contributed by atoms with Crippen LogP contribution in [0.3, 0.4) is 0 Å². The van der Waals surface area contributed by atoms with Gasteiger partial charge in [0, 0.05) is 10.6 Å². The van der Waals surface area contributed by atoms with Crippen molar-refractivity contribution in [3.8, 4) is 0 Å². The number of primary amides is 1. The molecule has 1 aromatic carbocycles. The number of amides is 2. The van der Waals surface area contributed by atoms with Gasteiger partial charge in [0.25, 0.3) is 0 Å². The molecule has 0 fully saturated rings. The number of carbonyl (C=O) groups is 2. The summed E-state index contributed by atoms with van der Waals surface area (Å²) in [6, 6.07) is 5.01. The van der Waals surface area contributed by atoms with Crippen LogP contribution >= 0.6 is 11.6 Å². The number of cyclic esters (lactones) is 1. The van der Waals surface area contributed by atoms with Crippen LogP contribution in [0.4, 0.5) is 10.5 Å². The van der Waals surface area contributed by atoms with Gasteiger partial charge < -0.3 is 10.5 Å². The second kappa shape index (κ2) is 4.02. The summed E-state index contributed by atoms with van der Waals surface area (Å²) in [5, 5.41) is 0.552. The molecule has 1 aliphatic heterocycles. The highest BCUT2D eigenvalue weighted by molar-refractivity contribution is 6.30. The number of ether oxygens (including phenoxy) is 1. The molecule has 1 heterocycles. The van der Waals surface area contributed by atoms with E-state index in [0.717, 1.165) is 5.56 Å². The molecular weight excluding hydrogens is 232 g/mol. The minimum atomic E-state index is -0.597. The van der Waals surface area contributed by atoms with Gasteiger partial charge in [-0.2, -0.15) is 0 Å². The van der Waals surface area contributed by atoms with E-state index in [-0.39, 0.29) is 13.2 Å². The molecule has 84 valence electrons. The van der Waals surface area contributed by atoms with Crippen LogP contribution in [0.25, 0.3) is 0 Å². The minimum Gasteiger partial charge on any atom is -0.444 e. The fourth-order valence-corrected chi connectivity index (χ4v) is 1.75. The van der Waals surface area contributed by atoms with Gasteiger partial charge in [-0.25, -0.2) is 4.79 Å². The van der Waals surface area contributed by atoms with Gasteiger partial charge in [-0.15, -0.1) is 0 Å². The third-order valence-corrected chi connectivity index (χ3v) is 2.45. The summed E-state index contributed by atoms with van der Waals surface area (Å²) in [6.45, 7) is -0.0442. The van der Waals surface area contributed by atoms with Gasteiger partial charge in [-0.1, -0.05) is 11.6 Å². The molecule has 0 bridgehead atoms. The van der Waals surface area contributed by atoms with E-state index in [1.54, 1.807) is 18.2 Å². The number of halogens is 1. The van der Waals surface area contributed by atoms with Crippen LogP contribution in [-0.2, 0) is 16.1 Å². The predicted molar refractivity (Wildman–Crippen MR) is 58.2 cm³/mol. The average molecular weight is 241 g/mol. The first kappa shape index (κ1) is 10.8. The third kappa shape index (κ3) is 1.94. The highest BCUT2D eigenvalue weighted by atomic mass is 35.5. The topological polar surface area (TPSA) is 72.6 Å². The molecule has 6 heteroatoms. The molecule has 2 N–H and O–H groups in total. The number of nitrogens with zero attached hydrogens (tertiary/aromatic N) is 1. The van der Waals surface area contributed by atoms with Crippen LogP contribution < -0.4 is 10.6 Å². The first-order valence-electron chi connectivity index (χ1n) is 4.59. The number of hydrogen-bond acceptors (Lipinski definition) is 3. The zero-order valence-electron chi connectivity index (χ0n) is 8.27. The maximum absolute atomic E-state index is 11.4. The lowest BCUT2D eigenvalue weighted by Crippen LogP contribution is -2.41. The molecule has 0 saturated carbocycles. The van der Waals surface area contributed by atoms with Crippen LogP contribution in [0.2, 0.25) is 5.02 Å². The molecule has 0 atom stereocenters. The van der Waals surface area contributed by atoms with E-state index in [0.29, 0.717) is 10.7 Å². The molecule has 0 unspecified atom stereocenters. The summed E-state index contributed by atoms with van der Waals surface area (Å²) in [5.41, 5.74) is 6.43. The van der Waals surface area contributed by atoms with E-state index in [4.69, 9.17) is 22.1 Å². The Kier molecular flexibility index (Phi) is 2.70. The minimum absolute atomic E-state index is 0.157. The lowest BCUT2D eigenvalue weighted by Gasteiger charge is -2.27. The number of anilines is 1. The molecule has 0 saturated heterocycles. The predicted octanol–water partition coefficient (Wildman–Crippen LogP) is 1.28. The summed E-state index contributed by atoms with van der Waals surface area (Å²) < 4.78 is 4.89. The molecule has 0 aliphatic carbocycles. The Morgan fingerprint density at radius 2 is 2.31 bits per heavy atom. The SMILES string of the molecule is NC(=O)CN1C(=O)OCc2cc(Cl)ccc21. The van der Waals surface area contributed by atoms with E-state index in [9.17, 15) is 9.59 Å². The molecule has 0 radical (unpaired) electrons. The van der Waals surface area contributed by atoms with E-state index < -0.39 is 12.0 Å². The first-order valence-corrected chi connectivity index (χ1v) is 4.97. The Labute approximate surface area is 96.7 Å². The van der Waals surface area contributed by atoms with Crippen molar-refractivity contribution in [3.05, 3.63) is 28.8 Å². The second-order valence-electron chi connectivity index (χ2n) is 3.38. The van der Waals surface area contributed by atoms with Gasteiger partial charge in [0.05, 0.1) is 5.69 Å². The van der Waals surface area contributed by atoms with Crippen molar-refractivity contribution in [1.82, 2.24) is 0 Å². The monoisotopic (exact) mass is 240 g/mol. The number of benzene rings is 1. The van der Waals surface area contributed by atoms with Crippen LogP contribution in [0.1, 0.15) is 5.56 Å². The van der Waals surface area contributed by atoms with Crippen LogP contribution in [-0.4, -0.2) is 18.5 Å². The number of carbonyl (C=O) groups excluding carboxylic acids is 2. The Bertz CT molecular complexity index is 461. The van der Waals surface area contributed by atoms with E-state index in [1.165, 1.54) is 4.90 Å². The molecular formula is C10H9ClN2O3. The van der Waals surface area contributed by atoms with Crippen molar-refractivity contribution in [2.24, 2.45) is 5.73 Å². The van der Waals surface area contributed by atoms with Gasteiger partial charge in [0.15, 0.2) is 0 Å². The van der Waals surface area contributed by atoms with E-state index in [1.807, 2.05) is 0 Å². The van der Waals surface area contributed by atoms with Crippen molar-refractivity contribution >= 4 is 29.3 Å². The van der Waals surface area contributed by atoms with Gasteiger partial charge in [-0.05, 0) is 18.2 Å². The summed E-state index contributed by atoms with van der Waals surface area (Å²) in [4.78, 5) is 23.5. The van der Waals surface area contributed by atoms with Gasteiger partial charge in [0.1, 0.15) is 13.2 Å². The fraction of sp³-hybridized carbons (Fsp3) is 0.200. The molecule has 16 heavy (non-hydrogen) atoms. The standard InChI is InChI=1S/C10H9ClN2O3/c11-7-1-2-8-6(3-7)5-16-10(15)13(8)4-9(12)14/h1-3H,4-5H2,(H2,12,14). The second-order valence-corrected chi connectivity index (χ2v) is 3.82. The zero-order chi connectivity index (χ0) is 11.7. The lowest BCUT2D eigenvalue weighted by atomic mass is 10.1. The smallest absolute Gasteiger partial charge is 0.415 e. The molecule has 1 aliphatic rings. The van der Waals surface area contributed by atoms with Crippen molar-refractivity contribution < 1.29 is 14.3 Å². The highest BCUT2D eigenvalue weighted by Crippen LogP contribution is 2.29. The van der Waals surface area contributed by atoms with Crippen LogP contribution in [0.15, 0.2) is 18.2 Å². The van der Waals surface area contributed by atoms with E-state index >= 15 is 0 Å². The van der Waals surface area contributed by atoms with Gasteiger partial charge >= 0.3 is 6.09 Å². The average Bonchev–Trinajstić information content (AvgIpc) is 2.22. The number of rotatable bonds is 2. The van der Waals surface area contributed by atoms with Crippen LogP contribution in [0, 0.1) is 0 Å². The Morgan fingerprint density at radius 1 is 1.56 bits per heavy atom. The lowest BCUT2D eigenvalue weighted by molar-refractivity contribution is -0.116. The normalized spacial score (nSPS) is 14.3. The summed E-state index contributed by atoms with van der Waals surface area (Å²) in [5.74, 6) is -0.597. The van der Waals surface area contributed by atoms with Gasteiger partial charge in [-0.3, -0.25) is 9.69 Å². The molecule has 5 nitrogen and oxygen atoms in total. The largest absolute Gasteiger partial charge is 0.444 e. The molecule has 2 rings (SSSR count). The van der Waals surface area contributed by atoms with Crippen molar-refractivity contribution in [1.29, 1.82) is 0 Å². The van der Waals surface area contributed by atoms with Gasteiger partial charge in [0.2, 0.25) is 5.91 Å². The maximum atomic E-state index is 11.4. The third-order valence-electron chi connectivity index (χ3n) is 2.22. The summed E-state index contributed by atoms with van der Waals surface area (Å²) in [6.07, 6.45) is -0.575. The van der Waals surface area contributed by atoms with Crippen LogP contribution in [0.5, 0.6) is 0 Å². The molecule has 1 aromatic rings. The summed E-state index contributed by atoms with van der Waals surface area (Å²) in [7, 11) is 0. The maximum Gasteiger partial charge on any atom is 0.415 e. The Balaban J connectivity index is 2.40. The van der Waals surface area contributed by atoms with Crippen molar-refractivity contribution in [2.45, 2.75) is 6.61 Å². The Hall–Kier alpha value is -1.75. The number of nitrogens with two attached hydrogens (primary N) is 1. The fourth-order valence-electron chi connectivity index (χ4n) is 1.55. The van der Waals surface area contributed by atoms with E-state index in [2.05, 4.69) is 0 Å². The quantitative estimate of drug-likeness (QED) is 0.846.